The Morgan fingerprint density at radius 1 is 1.14 bits per heavy atom. The minimum absolute atomic E-state index is 0.0591. The number of hydrogen-bond donors (Lipinski definition) is 2. The molecule has 3 aromatic heterocycles. The predicted octanol–water partition coefficient (Wildman–Crippen LogP) is 1.92. The third kappa shape index (κ3) is 8.56. The zero-order chi connectivity index (χ0) is 26.1. The molecule has 0 aliphatic carbocycles. The van der Waals surface area contributed by atoms with E-state index >= 15 is 0 Å². The van der Waals surface area contributed by atoms with Crippen LogP contribution >= 0.6 is 0 Å². The van der Waals surface area contributed by atoms with Crippen LogP contribution in [0.5, 0.6) is 5.75 Å². The van der Waals surface area contributed by atoms with Crippen LogP contribution < -0.4 is 15.4 Å². The highest BCUT2D eigenvalue weighted by molar-refractivity contribution is 5.91. The van der Waals surface area contributed by atoms with Gasteiger partial charge >= 0.3 is 6.18 Å². The zero-order valence-electron chi connectivity index (χ0n) is 19.0. The van der Waals surface area contributed by atoms with E-state index in [1.54, 1.807) is 6.07 Å². The van der Waals surface area contributed by atoms with Gasteiger partial charge in [-0.3, -0.25) is 14.6 Å². The Balaban J connectivity index is 1.44. The number of aryl methyl sites for hydroxylation is 1. The Morgan fingerprint density at radius 3 is 2.64 bits per heavy atom. The molecule has 3 heterocycles. The maximum absolute atomic E-state index is 14.3. The van der Waals surface area contributed by atoms with Crippen molar-refractivity contribution in [2.75, 3.05) is 19.0 Å². The largest absolute Gasteiger partial charge is 0.484 e. The molecule has 2 amide bonds. The Kier molecular flexibility index (Phi) is 8.81. The van der Waals surface area contributed by atoms with Gasteiger partial charge in [0.05, 0.1) is 30.6 Å². The quantitative estimate of drug-likeness (QED) is 0.374. The molecule has 0 aliphatic rings. The van der Waals surface area contributed by atoms with E-state index in [0.717, 1.165) is 0 Å². The lowest BCUT2D eigenvalue weighted by atomic mass is 10.1. The molecular weight excluding hydrogens is 488 g/mol. The fraction of sp³-hybridized carbons (Fsp3) is 0.381. The molecule has 2 N–H and O–H groups in total. The molecule has 192 valence electrons. The van der Waals surface area contributed by atoms with Crippen molar-refractivity contribution in [3.8, 4) is 5.75 Å². The van der Waals surface area contributed by atoms with Crippen molar-refractivity contribution in [1.29, 1.82) is 0 Å². The summed E-state index contributed by atoms with van der Waals surface area (Å²) in [6.45, 7) is -1.53. The van der Waals surface area contributed by atoms with Gasteiger partial charge in [0.1, 0.15) is 11.9 Å². The summed E-state index contributed by atoms with van der Waals surface area (Å²) in [5, 5.41) is 20.1. The first-order valence-corrected chi connectivity index (χ1v) is 10.6. The predicted molar refractivity (Wildman–Crippen MR) is 117 cm³/mol. The molecule has 36 heavy (non-hydrogen) atoms. The second-order valence-corrected chi connectivity index (χ2v) is 7.56. The number of nitrogens with zero attached hydrogens (tertiary/aromatic N) is 6. The molecule has 0 spiro atoms. The third-order valence-electron chi connectivity index (χ3n) is 4.62. The molecule has 0 radical (unpaired) electrons. The Morgan fingerprint density at radius 2 is 1.94 bits per heavy atom. The maximum Gasteiger partial charge on any atom is 0.422 e. The van der Waals surface area contributed by atoms with E-state index < -0.39 is 30.8 Å². The van der Waals surface area contributed by atoms with Crippen LogP contribution in [-0.4, -0.2) is 68.0 Å². The van der Waals surface area contributed by atoms with Gasteiger partial charge in [0.15, 0.2) is 18.1 Å². The van der Waals surface area contributed by atoms with E-state index in [4.69, 9.17) is 0 Å². The summed E-state index contributed by atoms with van der Waals surface area (Å²) >= 11 is 0. The first-order valence-electron chi connectivity index (χ1n) is 10.6. The summed E-state index contributed by atoms with van der Waals surface area (Å²) < 4.78 is 57.0. The van der Waals surface area contributed by atoms with Crippen molar-refractivity contribution in [2.24, 2.45) is 0 Å². The molecule has 0 saturated heterocycles. The van der Waals surface area contributed by atoms with Crippen LogP contribution in [0, 0.1) is 0 Å². The Hall–Kier alpha value is -4.17. The van der Waals surface area contributed by atoms with E-state index in [1.807, 2.05) is 0 Å². The lowest BCUT2D eigenvalue weighted by Crippen LogP contribution is -2.19. The number of ether oxygens (including phenoxy) is 1. The molecule has 11 nitrogen and oxygen atoms in total. The highest BCUT2D eigenvalue weighted by atomic mass is 19.4. The van der Waals surface area contributed by atoms with Crippen LogP contribution in [0.15, 0.2) is 36.7 Å². The second kappa shape index (κ2) is 12.0. The summed E-state index contributed by atoms with van der Waals surface area (Å²) in [7, 11) is 1.45. The first kappa shape index (κ1) is 26.4. The fourth-order valence-corrected chi connectivity index (χ4v) is 2.94. The van der Waals surface area contributed by atoms with Gasteiger partial charge in [0.2, 0.25) is 5.91 Å². The zero-order valence-corrected chi connectivity index (χ0v) is 19.0. The van der Waals surface area contributed by atoms with Gasteiger partial charge in [-0.2, -0.15) is 18.3 Å². The minimum Gasteiger partial charge on any atom is -0.484 e. The molecule has 0 fully saturated rings. The van der Waals surface area contributed by atoms with E-state index in [1.165, 1.54) is 42.3 Å². The van der Waals surface area contributed by atoms with Gasteiger partial charge in [-0.25, -0.2) is 9.07 Å². The number of alkyl halides is 4. The maximum atomic E-state index is 14.3. The van der Waals surface area contributed by atoms with Gasteiger partial charge < -0.3 is 15.4 Å². The average molecular weight is 510 g/mol. The van der Waals surface area contributed by atoms with Crippen LogP contribution in [0.2, 0.25) is 0 Å². The van der Waals surface area contributed by atoms with Crippen LogP contribution in [0.1, 0.15) is 28.3 Å². The number of halogens is 4. The molecule has 0 saturated carbocycles. The summed E-state index contributed by atoms with van der Waals surface area (Å²) in [5.41, 5.74) is 0.795. The highest BCUT2D eigenvalue weighted by Gasteiger charge is 2.28. The van der Waals surface area contributed by atoms with Crippen molar-refractivity contribution in [1.82, 2.24) is 35.5 Å². The molecule has 1 atom stereocenters. The first-order chi connectivity index (χ1) is 17.1. The third-order valence-corrected chi connectivity index (χ3v) is 4.62. The average Bonchev–Trinajstić information content (AvgIpc) is 3.30. The normalized spacial score (nSPS) is 12.1. The number of aromatic nitrogens is 6. The van der Waals surface area contributed by atoms with Gasteiger partial charge in [0.25, 0.3) is 5.91 Å². The Labute approximate surface area is 202 Å². The smallest absolute Gasteiger partial charge is 0.422 e. The van der Waals surface area contributed by atoms with Crippen molar-refractivity contribution in [3.05, 3.63) is 53.7 Å². The summed E-state index contributed by atoms with van der Waals surface area (Å²) in [6, 6.07) is 5.58. The number of anilines is 1. The highest BCUT2D eigenvalue weighted by Crippen LogP contribution is 2.19. The van der Waals surface area contributed by atoms with Crippen molar-refractivity contribution in [2.45, 2.75) is 38.2 Å². The molecule has 0 bridgehead atoms. The monoisotopic (exact) mass is 510 g/mol. The number of pyridine rings is 1. The van der Waals surface area contributed by atoms with E-state index in [2.05, 4.69) is 40.9 Å². The van der Waals surface area contributed by atoms with Crippen LogP contribution in [0.3, 0.4) is 0 Å². The molecule has 3 rings (SSSR count). The molecule has 0 aliphatic heterocycles. The van der Waals surface area contributed by atoms with Gasteiger partial charge in [0, 0.05) is 19.3 Å². The topological polar surface area (TPSA) is 137 Å². The number of carbonyl (C=O) groups excluding carboxylic acids is 2. The van der Waals surface area contributed by atoms with E-state index in [0.29, 0.717) is 5.69 Å². The summed E-state index contributed by atoms with van der Waals surface area (Å²) in [4.78, 5) is 27.6. The molecule has 3 aromatic rings. The van der Waals surface area contributed by atoms with Gasteiger partial charge in [-0.05, 0) is 31.0 Å². The second-order valence-electron chi connectivity index (χ2n) is 7.56. The lowest BCUT2D eigenvalue weighted by molar-refractivity contribution is -0.153. The summed E-state index contributed by atoms with van der Waals surface area (Å²) in [6.07, 6.45) is -2.99. The molecule has 15 heteroatoms. The van der Waals surface area contributed by atoms with Crippen molar-refractivity contribution in [3.63, 3.8) is 0 Å². The van der Waals surface area contributed by atoms with Crippen molar-refractivity contribution < 1.29 is 31.9 Å². The van der Waals surface area contributed by atoms with Gasteiger partial charge in [-0.15, -0.1) is 10.2 Å². The number of rotatable bonds is 11. The van der Waals surface area contributed by atoms with Gasteiger partial charge in [-0.1, -0.05) is 5.21 Å². The van der Waals surface area contributed by atoms with E-state index in [-0.39, 0.29) is 48.8 Å². The standard InChI is InChI=1S/C21H22F4N8O3/c1-26-20(35)17-11-33(32-30-17)10-13(22)2-3-14-4-5-18(31-29-14)28-19(34)9-15-8-16(6-7-27-15)36-12-21(23,24)25/h4-8,11,13H,2-3,9-10,12H2,1H3,(H,26,35)(H,28,31,34). The fourth-order valence-electron chi connectivity index (χ4n) is 2.94. The van der Waals surface area contributed by atoms with Crippen LogP contribution in [0.4, 0.5) is 23.4 Å². The van der Waals surface area contributed by atoms with Crippen LogP contribution in [-0.2, 0) is 24.2 Å². The lowest BCUT2D eigenvalue weighted by Gasteiger charge is -2.10. The SMILES string of the molecule is CNC(=O)c1cn(CC(F)CCc2ccc(NC(=O)Cc3cc(OCC(F)(F)F)ccn3)nn2)nn1. The number of hydrogen-bond acceptors (Lipinski definition) is 8. The van der Waals surface area contributed by atoms with Crippen LogP contribution in [0.25, 0.3) is 0 Å². The number of nitrogens with one attached hydrogen (secondary N) is 2. The molecular formula is C21H22F4N8O3. The minimum atomic E-state index is -4.48. The van der Waals surface area contributed by atoms with E-state index in [9.17, 15) is 27.2 Å². The molecule has 1 unspecified atom stereocenters. The number of amides is 2. The molecule has 0 aromatic carbocycles. The number of carbonyl (C=O) groups is 2. The van der Waals surface area contributed by atoms with Crippen molar-refractivity contribution >= 4 is 17.6 Å². The summed E-state index contributed by atoms with van der Waals surface area (Å²) in [5.74, 6) is -0.838. The Bertz CT molecular complexity index is 1170.